The van der Waals surface area contributed by atoms with Gasteiger partial charge in [-0.15, -0.1) is 0 Å². The number of hydrogen-bond acceptors (Lipinski definition) is 3. The Balaban J connectivity index is 2.24. The standard InChI is InChI=1S/C16H22N2O2/c1-13-7-8-14(2)15(12-13)20-11-5-4-6-16(19)18(3)10-9-17/h7-8,12H,4-6,10-11H2,1-3H3. The Labute approximate surface area is 121 Å². The van der Waals surface area contributed by atoms with Gasteiger partial charge >= 0.3 is 0 Å². The summed E-state index contributed by atoms with van der Waals surface area (Å²) >= 11 is 0. The van der Waals surface area contributed by atoms with Crippen molar-refractivity contribution in [1.29, 1.82) is 5.26 Å². The number of aryl methyl sites for hydroxylation is 2. The molecule has 108 valence electrons. The van der Waals surface area contributed by atoms with Crippen LogP contribution >= 0.6 is 0 Å². The lowest BCUT2D eigenvalue weighted by Crippen LogP contribution is -2.26. The maximum absolute atomic E-state index is 11.6. The number of benzene rings is 1. The van der Waals surface area contributed by atoms with Crippen LogP contribution in [0.5, 0.6) is 5.75 Å². The number of nitrogens with zero attached hydrogens (tertiary/aromatic N) is 2. The van der Waals surface area contributed by atoms with Crippen LogP contribution < -0.4 is 4.74 Å². The van der Waals surface area contributed by atoms with Crippen molar-refractivity contribution in [2.75, 3.05) is 20.2 Å². The Kier molecular flexibility index (Phi) is 6.58. The molecule has 4 heteroatoms. The van der Waals surface area contributed by atoms with Crippen LogP contribution in [0, 0.1) is 25.2 Å². The minimum Gasteiger partial charge on any atom is -0.493 e. The van der Waals surface area contributed by atoms with Crippen molar-refractivity contribution in [2.24, 2.45) is 0 Å². The maximum Gasteiger partial charge on any atom is 0.223 e. The van der Waals surface area contributed by atoms with Crippen molar-refractivity contribution in [2.45, 2.75) is 33.1 Å². The van der Waals surface area contributed by atoms with Crippen LogP contribution in [0.1, 0.15) is 30.4 Å². The first-order valence-corrected chi connectivity index (χ1v) is 6.85. The van der Waals surface area contributed by atoms with Gasteiger partial charge in [0, 0.05) is 13.5 Å². The Hall–Kier alpha value is -2.02. The van der Waals surface area contributed by atoms with Gasteiger partial charge in [0.1, 0.15) is 12.3 Å². The topological polar surface area (TPSA) is 53.3 Å². The number of nitriles is 1. The second-order valence-electron chi connectivity index (χ2n) is 4.98. The number of carbonyl (C=O) groups is 1. The predicted molar refractivity (Wildman–Crippen MR) is 78.5 cm³/mol. The zero-order valence-electron chi connectivity index (χ0n) is 12.5. The third kappa shape index (κ3) is 5.31. The molecule has 0 aromatic heterocycles. The molecule has 1 aromatic rings. The molecule has 0 atom stereocenters. The van der Waals surface area contributed by atoms with Crippen LogP contribution in [-0.2, 0) is 4.79 Å². The lowest BCUT2D eigenvalue weighted by Gasteiger charge is -2.13. The Morgan fingerprint density at radius 2 is 2.10 bits per heavy atom. The second-order valence-corrected chi connectivity index (χ2v) is 4.98. The van der Waals surface area contributed by atoms with Gasteiger partial charge in [0.05, 0.1) is 12.7 Å². The van der Waals surface area contributed by atoms with Gasteiger partial charge in [-0.2, -0.15) is 5.26 Å². The van der Waals surface area contributed by atoms with E-state index in [9.17, 15) is 4.79 Å². The molecule has 0 spiro atoms. The zero-order chi connectivity index (χ0) is 15.0. The molecule has 0 saturated carbocycles. The van der Waals surface area contributed by atoms with Gasteiger partial charge in [0.2, 0.25) is 5.91 Å². The van der Waals surface area contributed by atoms with Crippen LogP contribution in [0.4, 0.5) is 0 Å². The lowest BCUT2D eigenvalue weighted by molar-refractivity contribution is -0.129. The fraction of sp³-hybridized carbons (Fsp3) is 0.500. The van der Waals surface area contributed by atoms with Crippen LogP contribution in [0.2, 0.25) is 0 Å². The van der Waals surface area contributed by atoms with Crippen molar-refractivity contribution in [3.05, 3.63) is 29.3 Å². The second kappa shape index (κ2) is 8.21. The summed E-state index contributed by atoms with van der Waals surface area (Å²) in [5, 5.41) is 8.51. The van der Waals surface area contributed by atoms with E-state index in [4.69, 9.17) is 10.00 Å². The van der Waals surface area contributed by atoms with Crippen molar-refractivity contribution in [3.63, 3.8) is 0 Å². The molecule has 0 bridgehead atoms. The third-order valence-electron chi connectivity index (χ3n) is 3.12. The third-order valence-corrected chi connectivity index (χ3v) is 3.12. The molecule has 0 fully saturated rings. The van der Waals surface area contributed by atoms with Gasteiger partial charge in [-0.3, -0.25) is 4.79 Å². The number of hydrogen-bond donors (Lipinski definition) is 0. The van der Waals surface area contributed by atoms with Crippen molar-refractivity contribution >= 4 is 5.91 Å². The Morgan fingerprint density at radius 1 is 1.35 bits per heavy atom. The molecule has 0 saturated heterocycles. The molecule has 20 heavy (non-hydrogen) atoms. The number of carbonyl (C=O) groups excluding carboxylic acids is 1. The average molecular weight is 274 g/mol. The molecular formula is C16H22N2O2. The van der Waals surface area contributed by atoms with E-state index in [1.54, 1.807) is 7.05 Å². The average Bonchev–Trinajstić information content (AvgIpc) is 2.42. The highest BCUT2D eigenvalue weighted by Crippen LogP contribution is 2.19. The largest absolute Gasteiger partial charge is 0.493 e. The highest BCUT2D eigenvalue weighted by atomic mass is 16.5. The summed E-state index contributed by atoms with van der Waals surface area (Å²) in [5.41, 5.74) is 2.30. The van der Waals surface area contributed by atoms with Crippen LogP contribution in [0.15, 0.2) is 18.2 Å². The van der Waals surface area contributed by atoms with E-state index in [1.807, 2.05) is 32.0 Å². The van der Waals surface area contributed by atoms with E-state index >= 15 is 0 Å². The summed E-state index contributed by atoms with van der Waals surface area (Å²) in [7, 11) is 1.65. The lowest BCUT2D eigenvalue weighted by atomic mass is 10.1. The van der Waals surface area contributed by atoms with Gasteiger partial charge in [-0.05, 0) is 43.9 Å². The smallest absolute Gasteiger partial charge is 0.223 e. The maximum atomic E-state index is 11.6. The van der Waals surface area contributed by atoms with E-state index in [1.165, 1.54) is 10.5 Å². The molecule has 0 N–H and O–H groups in total. The fourth-order valence-electron chi connectivity index (χ4n) is 1.81. The van der Waals surface area contributed by atoms with E-state index in [0.717, 1.165) is 24.2 Å². The first-order chi connectivity index (χ1) is 9.54. The summed E-state index contributed by atoms with van der Waals surface area (Å²) in [6.07, 6.45) is 2.08. The van der Waals surface area contributed by atoms with E-state index < -0.39 is 0 Å². The summed E-state index contributed by atoms with van der Waals surface area (Å²) < 4.78 is 5.73. The monoisotopic (exact) mass is 274 g/mol. The molecule has 1 rings (SSSR count). The number of rotatable bonds is 7. The van der Waals surface area contributed by atoms with Gasteiger partial charge in [0.25, 0.3) is 0 Å². The molecule has 0 aliphatic heterocycles. The predicted octanol–water partition coefficient (Wildman–Crippen LogP) is 2.83. The van der Waals surface area contributed by atoms with Gasteiger partial charge < -0.3 is 9.64 Å². The molecule has 1 aromatic carbocycles. The zero-order valence-corrected chi connectivity index (χ0v) is 12.5. The van der Waals surface area contributed by atoms with E-state index in [2.05, 4.69) is 6.07 Å². The van der Waals surface area contributed by atoms with Gasteiger partial charge in [0.15, 0.2) is 0 Å². The molecule has 0 aliphatic carbocycles. The molecule has 0 heterocycles. The summed E-state index contributed by atoms with van der Waals surface area (Å²) in [6, 6.07) is 8.10. The molecule has 0 aliphatic rings. The number of amides is 1. The van der Waals surface area contributed by atoms with Crippen molar-refractivity contribution in [1.82, 2.24) is 4.90 Å². The van der Waals surface area contributed by atoms with Gasteiger partial charge in [-0.25, -0.2) is 0 Å². The van der Waals surface area contributed by atoms with E-state index in [0.29, 0.717) is 13.0 Å². The van der Waals surface area contributed by atoms with Crippen LogP contribution in [-0.4, -0.2) is 31.0 Å². The summed E-state index contributed by atoms with van der Waals surface area (Å²) in [5.74, 6) is 0.927. The highest BCUT2D eigenvalue weighted by Gasteiger charge is 2.07. The van der Waals surface area contributed by atoms with Crippen LogP contribution in [0.3, 0.4) is 0 Å². The molecule has 1 amide bonds. The van der Waals surface area contributed by atoms with Gasteiger partial charge in [-0.1, -0.05) is 12.1 Å². The quantitative estimate of drug-likeness (QED) is 0.567. The SMILES string of the molecule is Cc1ccc(C)c(OCCCCC(=O)N(C)CC#N)c1. The van der Waals surface area contributed by atoms with Crippen LogP contribution in [0.25, 0.3) is 0 Å². The fourth-order valence-corrected chi connectivity index (χ4v) is 1.81. The summed E-state index contributed by atoms with van der Waals surface area (Å²) in [6.45, 7) is 4.82. The minimum absolute atomic E-state index is 0.0123. The molecule has 0 radical (unpaired) electrons. The minimum atomic E-state index is 0.0123. The Morgan fingerprint density at radius 3 is 2.80 bits per heavy atom. The first-order valence-electron chi connectivity index (χ1n) is 6.85. The van der Waals surface area contributed by atoms with Crippen molar-refractivity contribution < 1.29 is 9.53 Å². The van der Waals surface area contributed by atoms with E-state index in [-0.39, 0.29) is 12.5 Å². The summed E-state index contributed by atoms with van der Waals surface area (Å²) in [4.78, 5) is 13.0. The highest BCUT2D eigenvalue weighted by molar-refractivity contribution is 5.76. The normalized spacial score (nSPS) is 9.90. The molecular weight excluding hydrogens is 252 g/mol. The first kappa shape index (κ1) is 16.0. The number of ether oxygens (including phenoxy) is 1. The molecule has 4 nitrogen and oxygen atoms in total. The Bertz CT molecular complexity index is 492. The number of unbranched alkanes of at least 4 members (excludes halogenated alkanes) is 1. The molecule has 0 unspecified atom stereocenters. The van der Waals surface area contributed by atoms with Crippen molar-refractivity contribution in [3.8, 4) is 11.8 Å².